The first-order valence-electron chi connectivity index (χ1n) is 10.3. The van der Waals surface area contributed by atoms with Gasteiger partial charge in [0.25, 0.3) is 10.0 Å². The number of anilines is 1. The molecule has 0 saturated heterocycles. The number of hydrogen-bond donors (Lipinski definition) is 0. The standard InChI is InChI=1S/C25H21ClN2O5S/c1-32-22-11-4-3-10-21(22)28(25-20-9-2-5-12-23(20)34(30,31)27-25)15-16-33-24(29)14-13-18-7-6-8-19(26)17-18/h2-14,17H,15-16H2,1H3/b14-13+. The van der Waals surface area contributed by atoms with E-state index in [1.165, 1.54) is 19.3 Å². The molecule has 3 aromatic carbocycles. The fourth-order valence-corrected chi connectivity index (χ4v) is 4.95. The molecule has 0 spiro atoms. The van der Waals surface area contributed by atoms with Gasteiger partial charge in [-0.25, -0.2) is 4.79 Å². The number of benzene rings is 3. The molecule has 7 nitrogen and oxygen atoms in total. The lowest BCUT2D eigenvalue weighted by Gasteiger charge is -2.26. The van der Waals surface area contributed by atoms with E-state index in [1.807, 2.05) is 12.1 Å². The molecule has 174 valence electrons. The molecule has 1 aliphatic rings. The van der Waals surface area contributed by atoms with Gasteiger partial charge in [0.1, 0.15) is 17.3 Å². The summed E-state index contributed by atoms with van der Waals surface area (Å²) in [5.41, 5.74) is 1.84. The van der Waals surface area contributed by atoms with E-state index in [2.05, 4.69) is 4.40 Å². The average molecular weight is 497 g/mol. The Morgan fingerprint density at radius 1 is 1.06 bits per heavy atom. The Bertz CT molecular complexity index is 1390. The van der Waals surface area contributed by atoms with Crippen molar-refractivity contribution in [3.8, 4) is 5.75 Å². The Balaban J connectivity index is 1.56. The second-order valence-corrected chi connectivity index (χ2v) is 9.27. The zero-order valence-electron chi connectivity index (χ0n) is 18.2. The van der Waals surface area contributed by atoms with Gasteiger partial charge in [-0.3, -0.25) is 0 Å². The highest BCUT2D eigenvalue weighted by Crippen LogP contribution is 2.34. The zero-order valence-corrected chi connectivity index (χ0v) is 19.8. The first-order valence-corrected chi connectivity index (χ1v) is 12.2. The molecular formula is C25H21ClN2O5S. The van der Waals surface area contributed by atoms with Crippen LogP contribution in [0.4, 0.5) is 5.69 Å². The van der Waals surface area contributed by atoms with Gasteiger partial charge in [-0.05, 0) is 48.0 Å². The Labute approximate surface area is 203 Å². The van der Waals surface area contributed by atoms with Crippen LogP contribution in [0.15, 0.2) is 88.2 Å². The number of carbonyl (C=O) groups is 1. The van der Waals surface area contributed by atoms with Crippen molar-refractivity contribution in [3.63, 3.8) is 0 Å². The number of hydrogen-bond acceptors (Lipinski definition) is 6. The maximum absolute atomic E-state index is 12.6. The number of amidine groups is 1. The largest absolute Gasteiger partial charge is 0.495 e. The highest BCUT2D eigenvalue weighted by atomic mass is 35.5. The molecule has 3 aromatic rings. The van der Waals surface area contributed by atoms with Crippen molar-refractivity contribution in [2.75, 3.05) is 25.2 Å². The number of ether oxygens (including phenoxy) is 2. The molecule has 0 aromatic heterocycles. The molecule has 0 amide bonds. The van der Waals surface area contributed by atoms with Crippen molar-refractivity contribution in [2.24, 2.45) is 4.40 Å². The average Bonchev–Trinajstić information content (AvgIpc) is 3.11. The summed E-state index contributed by atoms with van der Waals surface area (Å²) in [4.78, 5) is 14.1. The lowest BCUT2D eigenvalue weighted by molar-refractivity contribution is -0.137. The first kappa shape index (κ1) is 23.5. The molecule has 1 aliphatic heterocycles. The van der Waals surface area contributed by atoms with Crippen LogP contribution in [-0.2, 0) is 19.6 Å². The van der Waals surface area contributed by atoms with Crippen molar-refractivity contribution < 1.29 is 22.7 Å². The summed E-state index contributed by atoms with van der Waals surface area (Å²) in [7, 11) is -2.31. The number of methoxy groups -OCH3 is 1. The van der Waals surface area contributed by atoms with Crippen molar-refractivity contribution in [2.45, 2.75) is 4.90 Å². The van der Waals surface area contributed by atoms with E-state index >= 15 is 0 Å². The zero-order chi connectivity index (χ0) is 24.1. The van der Waals surface area contributed by atoms with Crippen molar-refractivity contribution in [1.29, 1.82) is 0 Å². The predicted molar refractivity (Wildman–Crippen MR) is 132 cm³/mol. The minimum atomic E-state index is -3.84. The Morgan fingerprint density at radius 2 is 1.82 bits per heavy atom. The van der Waals surface area contributed by atoms with E-state index in [9.17, 15) is 13.2 Å². The molecule has 0 radical (unpaired) electrons. The smallest absolute Gasteiger partial charge is 0.330 e. The van der Waals surface area contributed by atoms with Gasteiger partial charge in [-0.15, -0.1) is 4.40 Å². The second-order valence-electron chi connectivity index (χ2n) is 7.27. The van der Waals surface area contributed by atoms with Gasteiger partial charge in [-0.1, -0.05) is 48.0 Å². The van der Waals surface area contributed by atoms with E-state index in [0.717, 1.165) is 5.56 Å². The van der Waals surface area contributed by atoms with Crippen LogP contribution < -0.4 is 9.64 Å². The molecule has 1 heterocycles. The topological polar surface area (TPSA) is 85.3 Å². The van der Waals surface area contributed by atoms with Gasteiger partial charge in [0.15, 0.2) is 5.84 Å². The summed E-state index contributed by atoms with van der Waals surface area (Å²) < 4.78 is 40.1. The Morgan fingerprint density at radius 3 is 2.62 bits per heavy atom. The van der Waals surface area contributed by atoms with Crippen LogP contribution in [0.25, 0.3) is 6.08 Å². The molecule has 0 saturated carbocycles. The SMILES string of the molecule is COc1ccccc1N(CCOC(=O)/C=C/c1cccc(Cl)c1)C1=NS(=O)(=O)c2ccccc21. The van der Waals surface area contributed by atoms with Gasteiger partial charge < -0.3 is 14.4 Å². The maximum atomic E-state index is 12.6. The van der Waals surface area contributed by atoms with Crippen LogP contribution in [0.3, 0.4) is 0 Å². The van der Waals surface area contributed by atoms with Crippen molar-refractivity contribution in [3.05, 3.63) is 95.0 Å². The van der Waals surface area contributed by atoms with Gasteiger partial charge in [0.2, 0.25) is 0 Å². The summed E-state index contributed by atoms with van der Waals surface area (Å²) in [5, 5.41) is 0.565. The third kappa shape index (κ3) is 5.13. The normalized spacial score (nSPS) is 13.9. The van der Waals surface area contributed by atoms with Gasteiger partial charge in [0, 0.05) is 16.7 Å². The Kier molecular flexibility index (Phi) is 7.00. The minimum absolute atomic E-state index is 0.0159. The van der Waals surface area contributed by atoms with E-state index < -0.39 is 16.0 Å². The van der Waals surface area contributed by atoms with E-state index in [0.29, 0.717) is 22.0 Å². The fourth-order valence-electron chi connectivity index (χ4n) is 3.54. The molecule has 0 atom stereocenters. The summed E-state index contributed by atoms with van der Waals surface area (Å²) >= 11 is 5.96. The second kappa shape index (κ2) is 10.1. The first-order chi connectivity index (χ1) is 16.4. The van der Waals surface area contributed by atoms with Gasteiger partial charge >= 0.3 is 5.97 Å². The van der Waals surface area contributed by atoms with Crippen LogP contribution in [0.5, 0.6) is 5.75 Å². The molecule has 0 aliphatic carbocycles. The number of carbonyl (C=O) groups excluding carboxylic acids is 1. The molecule has 0 N–H and O–H groups in total. The van der Waals surface area contributed by atoms with Crippen LogP contribution in [0.2, 0.25) is 5.02 Å². The van der Waals surface area contributed by atoms with Crippen molar-refractivity contribution in [1.82, 2.24) is 0 Å². The van der Waals surface area contributed by atoms with E-state index in [4.69, 9.17) is 21.1 Å². The summed E-state index contributed by atoms with van der Waals surface area (Å²) in [6.45, 7) is 0.137. The van der Waals surface area contributed by atoms with Crippen LogP contribution in [-0.4, -0.2) is 40.5 Å². The number of para-hydroxylation sites is 2. The minimum Gasteiger partial charge on any atom is -0.495 e. The van der Waals surface area contributed by atoms with Crippen LogP contribution in [0, 0.1) is 0 Å². The van der Waals surface area contributed by atoms with Crippen LogP contribution >= 0.6 is 11.6 Å². The lowest BCUT2D eigenvalue weighted by Crippen LogP contribution is -2.34. The molecule has 9 heteroatoms. The number of esters is 1. The summed E-state index contributed by atoms with van der Waals surface area (Å²) in [5.74, 6) is 0.228. The molecule has 34 heavy (non-hydrogen) atoms. The third-order valence-corrected chi connectivity index (χ3v) is 6.62. The van der Waals surface area contributed by atoms with Gasteiger partial charge in [0.05, 0.1) is 19.3 Å². The van der Waals surface area contributed by atoms with Crippen molar-refractivity contribution >= 4 is 45.2 Å². The molecule has 0 fully saturated rings. The molecular weight excluding hydrogens is 476 g/mol. The number of fused-ring (bicyclic) bond motifs is 1. The highest BCUT2D eigenvalue weighted by Gasteiger charge is 2.33. The lowest BCUT2D eigenvalue weighted by atomic mass is 10.1. The number of rotatable bonds is 7. The summed E-state index contributed by atoms with van der Waals surface area (Å²) in [6.07, 6.45) is 2.92. The van der Waals surface area contributed by atoms with E-state index in [-0.39, 0.29) is 23.9 Å². The number of sulfonamides is 1. The summed E-state index contributed by atoms with van der Waals surface area (Å²) in [6, 6.07) is 20.8. The Hall–Kier alpha value is -3.62. The molecule has 4 rings (SSSR count). The molecule has 0 unspecified atom stereocenters. The fraction of sp³-hybridized carbons (Fsp3) is 0.120. The van der Waals surface area contributed by atoms with E-state index in [1.54, 1.807) is 65.6 Å². The highest BCUT2D eigenvalue weighted by molar-refractivity contribution is 7.90. The molecule has 0 bridgehead atoms. The number of halogens is 1. The quantitative estimate of drug-likeness (QED) is 0.352. The third-order valence-electron chi connectivity index (χ3n) is 5.06. The maximum Gasteiger partial charge on any atom is 0.330 e. The number of nitrogens with zero attached hydrogens (tertiary/aromatic N) is 2. The monoisotopic (exact) mass is 496 g/mol. The van der Waals surface area contributed by atoms with Gasteiger partial charge in [-0.2, -0.15) is 8.42 Å². The van der Waals surface area contributed by atoms with Crippen LogP contribution in [0.1, 0.15) is 11.1 Å². The predicted octanol–water partition coefficient (Wildman–Crippen LogP) is 4.56.